The van der Waals surface area contributed by atoms with E-state index in [0.29, 0.717) is 23.5 Å². The van der Waals surface area contributed by atoms with E-state index < -0.39 is 5.56 Å². The maximum absolute atomic E-state index is 12.3. The van der Waals surface area contributed by atoms with Crippen LogP contribution in [-0.2, 0) is 0 Å². The Balaban J connectivity index is 1.89. The maximum Gasteiger partial charge on any atom is 0.270 e. The highest BCUT2D eigenvalue weighted by Crippen LogP contribution is 2.22. The number of ether oxygens (including phenoxy) is 1. The third-order valence-electron chi connectivity index (χ3n) is 3.78. The molecule has 7 nitrogen and oxygen atoms in total. The zero-order valence-corrected chi connectivity index (χ0v) is 16.8. The summed E-state index contributed by atoms with van der Waals surface area (Å²) in [7, 11) is 0. The second-order valence-corrected chi connectivity index (χ2v) is 6.68. The van der Waals surface area contributed by atoms with Crippen molar-refractivity contribution < 1.29 is 4.74 Å². The van der Waals surface area contributed by atoms with Crippen LogP contribution in [0.3, 0.4) is 0 Å². The second kappa shape index (κ2) is 9.48. The van der Waals surface area contributed by atoms with Crippen molar-refractivity contribution in [2.24, 2.45) is 5.10 Å². The Hall–Kier alpha value is -3.70. The topological polar surface area (TPSA) is 103 Å². The number of nitrogens with one attached hydrogen (secondary N) is 2. The van der Waals surface area contributed by atoms with Gasteiger partial charge < -0.3 is 4.74 Å². The molecular formula is C21H16BrN5O2. The highest BCUT2D eigenvalue weighted by Gasteiger charge is 2.12. The highest BCUT2D eigenvalue weighted by atomic mass is 79.9. The lowest BCUT2D eigenvalue weighted by Crippen LogP contribution is -2.16. The fourth-order valence-electron chi connectivity index (χ4n) is 2.50. The highest BCUT2D eigenvalue weighted by molar-refractivity contribution is 9.10. The monoisotopic (exact) mass is 449 g/mol. The third kappa shape index (κ3) is 4.97. The number of hydrazone groups is 1. The van der Waals surface area contributed by atoms with Crippen molar-refractivity contribution >= 4 is 28.1 Å². The molecular weight excluding hydrogens is 434 g/mol. The van der Waals surface area contributed by atoms with E-state index in [9.17, 15) is 10.1 Å². The van der Waals surface area contributed by atoms with Crippen LogP contribution in [0.5, 0.6) is 5.75 Å². The van der Waals surface area contributed by atoms with E-state index in [-0.39, 0.29) is 17.2 Å². The van der Waals surface area contributed by atoms with E-state index in [0.717, 1.165) is 4.47 Å². The number of halogens is 1. The summed E-state index contributed by atoms with van der Waals surface area (Å²) in [5.74, 6) is 0.748. The molecule has 3 aromatic rings. The Bertz CT molecular complexity index is 1150. The lowest BCUT2D eigenvalue weighted by atomic mass is 10.1. The van der Waals surface area contributed by atoms with Gasteiger partial charge in [0.05, 0.1) is 11.9 Å². The number of aromatic amines is 1. The van der Waals surface area contributed by atoms with Crippen LogP contribution in [0.1, 0.15) is 11.1 Å². The van der Waals surface area contributed by atoms with Gasteiger partial charge in [0.15, 0.2) is 0 Å². The van der Waals surface area contributed by atoms with E-state index in [1.165, 1.54) is 0 Å². The molecule has 2 aromatic carbocycles. The normalized spacial score (nSPS) is 10.5. The third-order valence-corrected chi connectivity index (χ3v) is 4.27. The summed E-state index contributed by atoms with van der Waals surface area (Å²) in [6.45, 7) is 4.00. The molecule has 0 unspecified atom stereocenters. The Kier molecular flexibility index (Phi) is 6.55. The predicted octanol–water partition coefficient (Wildman–Crippen LogP) is 4.08. The molecule has 0 amide bonds. The van der Waals surface area contributed by atoms with Crippen molar-refractivity contribution in [3.8, 4) is 23.1 Å². The Morgan fingerprint density at radius 2 is 2.10 bits per heavy atom. The zero-order valence-electron chi connectivity index (χ0n) is 15.2. The molecule has 0 aliphatic heterocycles. The Morgan fingerprint density at radius 1 is 1.31 bits per heavy atom. The molecule has 0 atom stereocenters. The number of nitriles is 1. The minimum atomic E-state index is -0.545. The lowest BCUT2D eigenvalue weighted by molar-refractivity contribution is 0.362. The molecule has 0 aliphatic carbocycles. The van der Waals surface area contributed by atoms with Gasteiger partial charge in [0.1, 0.15) is 24.0 Å². The largest absolute Gasteiger partial charge is 0.489 e. The average molecular weight is 450 g/mol. The second-order valence-electron chi connectivity index (χ2n) is 5.77. The number of hydrogen-bond acceptors (Lipinski definition) is 6. The van der Waals surface area contributed by atoms with E-state index >= 15 is 0 Å². The first-order valence-corrected chi connectivity index (χ1v) is 9.34. The molecule has 0 saturated carbocycles. The summed E-state index contributed by atoms with van der Waals surface area (Å²) in [6.07, 6.45) is 3.20. The number of benzene rings is 2. The van der Waals surface area contributed by atoms with Crippen LogP contribution in [0.4, 0.5) is 5.95 Å². The quantitative estimate of drug-likeness (QED) is 0.321. The number of aromatic nitrogens is 2. The van der Waals surface area contributed by atoms with Crippen molar-refractivity contribution in [2.75, 3.05) is 12.0 Å². The van der Waals surface area contributed by atoms with E-state index in [4.69, 9.17) is 4.74 Å². The van der Waals surface area contributed by atoms with Crippen molar-refractivity contribution in [3.05, 3.63) is 87.1 Å². The fourth-order valence-corrected chi connectivity index (χ4v) is 2.88. The number of nitrogens with zero attached hydrogens (tertiary/aromatic N) is 3. The van der Waals surface area contributed by atoms with Crippen molar-refractivity contribution in [1.29, 1.82) is 5.26 Å². The number of hydrogen-bond donors (Lipinski definition) is 2. The SMILES string of the molecule is C=CCOc1ccc(Br)cc1C=NNc1nc(-c2ccccc2)c(C#N)c(=O)[nH]1. The molecule has 144 valence electrons. The van der Waals surface area contributed by atoms with E-state index in [1.807, 2.05) is 42.5 Å². The zero-order chi connectivity index (χ0) is 20.6. The first-order valence-electron chi connectivity index (χ1n) is 8.54. The van der Waals surface area contributed by atoms with Crippen LogP contribution < -0.4 is 15.7 Å². The summed E-state index contributed by atoms with van der Waals surface area (Å²) in [5.41, 5.74) is 3.76. The molecule has 0 saturated heterocycles. The molecule has 0 aliphatic rings. The van der Waals surface area contributed by atoms with Gasteiger partial charge in [-0.25, -0.2) is 10.4 Å². The molecule has 1 heterocycles. The van der Waals surface area contributed by atoms with Gasteiger partial charge in [-0.15, -0.1) is 0 Å². The van der Waals surface area contributed by atoms with Gasteiger partial charge in [0, 0.05) is 15.6 Å². The van der Waals surface area contributed by atoms with Crippen LogP contribution in [-0.4, -0.2) is 22.8 Å². The lowest BCUT2D eigenvalue weighted by Gasteiger charge is -2.08. The molecule has 3 rings (SSSR count). The molecule has 0 spiro atoms. The van der Waals surface area contributed by atoms with Crippen molar-refractivity contribution in [2.45, 2.75) is 0 Å². The van der Waals surface area contributed by atoms with Gasteiger partial charge in [-0.1, -0.05) is 58.9 Å². The van der Waals surface area contributed by atoms with Gasteiger partial charge in [-0.2, -0.15) is 10.4 Å². The standard InChI is InChI=1S/C21H16BrN5O2/c1-2-10-29-18-9-8-16(22)11-15(18)13-24-27-21-25-19(14-6-4-3-5-7-14)17(12-23)20(28)26-21/h2-9,11,13H,1,10H2,(H2,25,26,27,28). The van der Waals surface area contributed by atoms with Crippen LogP contribution in [0.15, 0.2) is 75.6 Å². The van der Waals surface area contributed by atoms with Crippen molar-refractivity contribution in [3.63, 3.8) is 0 Å². The van der Waals surface area contributed by atoms with Crippen LogP contribution in [0.25, 0.3) is 11.3 Å². The van der Waals surface area contributed by atoms with Gasteiger partial charge in [0.25, 0.3) is 5.56 Å². The first kappa shape index (κ1) is 20.0. The molecule has 0 bridgehead atoms. The average Bonchev–Trinajstić information content (AvgIpc) is 2.73. The molecule has 1 aromatic heterocycles. The van der Waals surface area contributed by atoms with Gasteiger partial charge in [-0.3, -0.25) is 9.78 Å². The number of rotatable bonds is 7. The van der Waals surface area contributed by atoms with E-state index in [2.05, 4.69) is 43.0 Å². The Labute approximate surface area is 175 Å². The molecule has 8 heteroatoms. The molecule has 2 N–H and O–H groups in total. The summed E-state index contributed by atoms with van der Waals surface area (Å²) < 4.78 is 6.47. The van der Waals surface area contributed by atoms with Gasteiger partial charge in [-0.05, 0) is 18.2 Å². The summed E-state index contributed by atoms with van der Waals surface area (Å²) >= 11 is 3.41. The van der Waals surface area contributed by atoms with Crippen molar-refractivity contribution in [1.82, 2.24) is 9.97 Å². The smallest absolute Gasteiger partial charge is 0.270 e. The van der Waals surface area contributed by atoms with Gasteiger partial charge in [0.2, 0.25) is 5.95 Å². The molecule has 0 radical (unpaired) electrons. The number of anilines is 1. The van der Waals surface area contributed by atoms with Gasteiger partial charge >= 0.3 is 0 Å². The fraction of sp³-hybridized carbons (Fsp3) is 0.0476. The predicted molar refractivity (Wildman–Crippen MR) is 116 cm³/mol. The minimum Gasteiger partial charge on any atom is -0.489 e. The minimum absolute atomic E-state index is 0.0576. The van der Waals surface area contributed by atoms with Crippen LogP contribution >= 0.6 is 15.9 Å². The van der Waals surface area contributed by atoms with Crippen LogP contribution in [0.2, 0.25) is 0 Å². The molecule has 0 fully saturated rings. The molecule has 29 heavy (non-hydrogen) atoms. The summed E-state index contributed by atoms with van der Waals surface area (Å²) in [5, 5.41) is 13.5. The van der Waals surface area contributed by atoms with Crippen LogP contribution in [0, 0.1) is 11.3 Å². The Morgan fingerprint density at radius 3 is 2.83 bits per heavy atom. The van der Waals surface area contributed by atoms with E-state index in [1.54, 1.807) is 24.4 Å². The maximum atomic E-state index is 12.3. The first-order chi connectivity index (χ1) is 14.1. The summed E-state index contributed by atoms with van der Waals surface area (Å²) in [4.78, 5) is 19.1. The summed E-state index contributed by atoms with van der Waals surface area (Å²) in [6, 6.07) is 16.4. The number of H-pyrrole nitrogens is 1.